The minimum absolute atomic E-state index is 0.0619. The summed E-state index contributed by atoms with van der Waals surface area (Å²) in [5.41, 5.74) is 2.31. The monoisotopic (exact) mass is 485 g/mol. The third kappa shape index (κ3) is 4.40. The number of aromatic nitrogens is 3. The maximum absolute atomic E-state index is 13.3. The van der Waals surface area contributed by atoms with Crippen LogP contribution < -0.4 is 0 Å². The maximum Gasteiger partial charge on any atom is 0.276 e. The summed E-state index contributed by atoms with van der Waals surface area (Å²) in [5, 5.41) is 8.64. The second-order valence-electron chi connectivity index (χ2n) is 9.01. The lowest BCUT2D eigenvalue weighted by Crippen LogP contribution is -2.51. The summed E-state index contributed by atoms with van der Waals surface area (Å²) in [6, 6.07) is 7.90. The lowest BCUT2D eigenvalue weighted by molar-refractivity contribution is -0.133. The highest BCUT2D eigenvalue weighted by atomic mass is 79.9. The molecule has 7 nitrogen and oxygen atoms in total. The van der Waals surface area contributed by atoms with Gasteiger partial charge in [0, 0.05) is 43.0 Å². The smallest absolute Gasteiger partial charge is 0.276 e. The molecule has 2 aromatic rings. The first kappa shape index (κ1) is 20.7. The molecule has 0 spiro atoms. The molecule has 164 valence electrons. The Bertz CT molecular complexity index is 955. The van der Waals surface area contributed by atoms with E-state index in [2.05, 4.69) is 26.2 Å². The molecule has 0 unspecified atom stereocenters. The van der Waals surface area contributed by atoms with Gasteiger partial charge in [0.1, 0.15) is 0 Å². The molecule has 2 amide bonds. The molecule has 2 aliphatic carbocycles. The molecule has 8 heteroatoms. The van der Waals surface area contributed by atoms with Gasteiger partial charge in [-0.1, -0.05) is 34.0 Å². The number of benzene rings is 1. The fourth-order valence-electron chi connectivity index (χ4n) is 4.84. The van der Waals surface area contributed by atoms with Crippen LogP contribution in [0.25, 0.3) is 5.69 Å². The quantitative estimate of drug-likeness (QED) is 0.645. The molecule has 1 aromatic carbocycles. The minimum Gasteiger partial charge on any atom is -0.339 e. The summed E-state index contributed by atoms with van der Waals surface area (Å²) < 4.78 is 2.82. The van der Waals surface area contributed by atoms with Crippen LogP contribution in [0, 0.1) is 5.92 Å². The van der Waals surface area contributed by atoms with Crippen molar-refractivity contribution in [3.05, 3.63) is 40.1 Å². The van der Waals surface area contributed by atoms with Crippen LogP contribution in [0.15, 0.2) is 28.7 Å². The van der Waals surface area contributed by atoms with E-state index in [9.17, 15) is 9.59 Å². The number of carbonyl (C=O) groups excluding carboxylic acids is 2. The molecule has 3 aliphatic rings. The van der Waals surface area contributed by atoms with Crippen molar-refractivity contribution in [1.82, 2.24) is 24.8 Å². The zero-order valence-corrected chi connectivity index (χ0v) is 19.3. The molecular formula is C23H28BrN5O2. The first-order chi connectivity index (χ1) is 15.1. The molecule has 3 fully saturated rings. The van der Waals surface area contributed by atoms with E-state index in [1.807, 2.05) is 38.7 Å². The van der Waals surface area contributed by atoms with Gasteiger partial charge in [0.15, 0.2) is 5.69 Å². The van der Waals surface area contributed by atoms with Crippen LogP contribution in [0.5, 0.6) is 0 Å². The van der Waals surface area contributed by atoms with Crippen LogP contribution in [0.4, 0.5) is 0 Å². The Hall–Kier alpha value is -2.22. The van der Waals surface area contributed by atoms with Crippen LogP contribution in [-0.4, -0.2) is 62.8 Å². The van der Waals surface area contributed by atoms with E-state index in [0.717, 1.165) is 28.7 Å². The Balaban J connectivity index is 1.27. The number of hydrogen-bond acceptors (Lipinski definition) is 4. The molecule has 0 bridgehead atoms. The van der Waals surface area contributed by atoms with Gasteiger partial charge in [-0.3, -0.25) is 9.59 Å². The van der Waals surface area contributed by atoms with Crippen LogP contribution in [0.3, 0.4) is 0 Å². The van der Waals surface area contributed by atoms with Gasteiger partial charge in [0.2, 0.25) is 5.91 Å². The second-order valence-corrected chi connectivity index (χ2v) is 9.93. The predicted octanol–water partition coefficient (Wildman–Crippen LogP) is 3.77. The Morgan fingerprint density at radius 3 is 2.23 bits per heavy atom. The number of amides is 2. The topological polar surface area (TPSA) is 71.3 Å². The molecule has 0 radical (unpaired) electrons. The second kappa shape index (κ2) is 8.73. The van der Waals surface area contributed by atoms with Crippen molar-refractivity contribution < 1.29 is 9.59 Å². The molecule has 0 N–H and O–H groups in total. The Labute approximate surface area is 190 Å². The highest BCUT2D eigenvalue weighted by molar-refractivity contribution is 9.10. The zero-order chi connectivity index (χ0) is 21.4. The van der Waals surface area contributed by atoms with Gasteiger partial charge >= 0.3 is 0 Å². The summed E-state index contributed by atoms with van der Waals surface area (Å²) >= 11 is 3.46. The van der Waals surface area contributed by atoms with E-state index >= 15 is 0 Å². The van der Waals surface area contributed by atoms with E-state index in [4.69, 9.17) is 0 Å². The predicted molar refractivity (Wildman–Crippen MR) is 120 cm³/mol. The lowest BCUT2D eigenvalue weighted by Gasteiger charge is -2.35. The zero-order valence-electron chi connectivity index (χ0n) is 17.7. The highest BCUT2D eigenvalue weighted by Crippen LogP contribution is 2.42. The fourth-order valence-corrected chi connectivity index (χ4v) is 5.10. The average molecular weight is 486 g/mol. The number of nitrogens with zero attached hydrogens (tertiary/aromatic N) is 5. The number of piperazine rings is 1. The number of halogens is 1. The van der Waals surface area contributed by atoms with E-state index in [-0.39, 0.29) is 11.8 Å². The molecule has 1 aromatic heterocycles. The number of rotatable bonds is 5. The summed E-state index contributed by atoms with van der Waals surface area (Å²) in [6.45, 7) is 2.34. The molecule has 31 heavy (non-hydrogen) atoms. The van der Waals surface area contributed by atoms with Gasteiger partial charge in [0.25, 0.3) is 5.91 Å². The average Bonchev–Trinajstić information content (AvgIpc) is 3.31. The summed E-state index contributed by atoms with van der Waals surface area (Å²) in [5.74, 6) is 1.08. The van der Waals surface area contributed by atoms with Crippen molar-refractivity contribution in [2.24, 2.45) is 5.92 Å². The highest BCUT2D eigenvalue weighted by Gasteiger charge is 2.36. The molecule has 1 saturated heterocycles. The first-order valence-electron chi connectivity index (χ1n) is 11.4. The maximum atomic E-state index is 13.3. The van der Waals surface area contributed by atoms with E-state index in [1.54, 1.807) is 0 Å². The fraction of sp³-hybridized carbons (Fsp3) is 0.565. The van der Waals surface area contributed by atoms with Gasteiger partial charge in [0.05, 0.1) is 11.4 Å². The van der Waals surface area contributed by atoms with Crippen molar-refractivity contribution in [2.45, 2.75) is 50.9 Å². The number of hydrogen-bond donors (Lipinski definition) is 0. The molecule has 2 heterocycles. The van der Waals surface area contributed by atoms with Crippen molar-refractivity contribution >= 4 is 27.7 Å². The number of carbonyl (C=O) groups is 2. The van der Waals surface area contributed by atoms with Crippen LogP contribution >= 0.6 is 15.9 Å². The third-order valence-electron chi connectivity index (χ3n) is 6.80. The van der Waals surface area contributed by atoms with Crippen molar-refractivity contribution in [1.29, 1.82) is 0 Å². The molecule has 0 atom stereocenters. The van der Waals surface area contributed by atoms with Crippen molar-refractivity contribution in [3.8, 4) is 5.69 Å². The Morgan fingerprint density at radius 2 is 1.58 bits per heavy atom. The van der Waals surface area contributed by atoms with E-state index < -0.39 is 0 Å². The van der Waals surface area contributed by atoms with Gasteiger partial charge < -0.3 is 9.80 Å². The van der Waals surface area contributed by atoms with Crippen LogP contribution in [-0.2, 0) is 4.79 Å². The Kier molecular flexibility index (Phi) is 5.82. The largest absolute Gasteiger partial charge is 0.339 e. The Morgan fingerprint density at radius 1 is 0.935 bits per heavy atom. The SMILES string of the molecule is O=C(CC1CCCC1)N1CCN(C(=O)c2nnn(-c3ccc(Br)cc3)c2C2CC2)CC1. The van der Waals surface area contributed by atoms with Gasteiger partial charge in [-0.2, -0.15) is 0 Å². The van der Waals surface area contributed by atoms with Crippen molar-refractivity contribution in [3.63, 3.8) is 0 Å². The third-order valence-corrected chi connectivity index (χ3v) is 7.33. The summed E-state index contributed by atoms with van der Waals surface area (Å²) in [6.07, 6.45) is 7.67. The standard InChI is InChI=1S/C23H28BrN5O2/c24-18-7-9-19(10-8-18)29-22(17-5-6-17)21(25-26-29)23(31)28-13-11-27(12-14-28)20(30)15-16-3-1-2-4-16/h7-10,16-17H,1-6,11-15H2. The van der Waals surface area contributed by atoms with Crippen LogP contribution in [0.1, 0.15) is 67.0 Å². The molecule has 2 saturated carbocycles. The van der Waals surface area contributed by atoms with Gasteiger partial charge in [-0.05, 0) is 55.9 Å². The molecule has 1 aliphatic heterocycles. The van der Waals surface area contributed by atoms with Crippen LogP contribution in [0.2, 0.25) is 0 Å². The first-order valence-corrected chi connectivity index (χ1v) is 12.2. The summed E-state index contributed by atoms with van der Waals surface area (Å²) in [7, 11) is 0. The molecular weight excluding hydrogens is 458 g/mol. The summed E-state index contributed by atoms with van der Waals surface area (Å²) in [4.78, 5) is 29.7. The normalized spacial score (nSPS) is 19.8. The minimum atomic E-state index is -0.0619. The molecule has 5 rings (SSSR count). The lowest BCUT2D eigenvalue weighted by atomic mass is 10.0. The van der Waals surface area contributed by atoms with Crippen molar-refractivity contribution in [2.75, 3.05) is 26.2 Å². The van der Waals surface area contributed by atoms with E-state index in [1.165, 1.54) is 25.7 Å². The van der Waals surface area contributed by atoms with Gasteiger partial charge in [-0.25, -0.2) is 4.68 Å². The van der Waals surface area contributed by atoms with Gasteiger partial charge in [-0.15, -0.1) is 5.10 Å². The van der Waals surface area contributed by atoms with E-state index in [0.29, 0.717) is 50.1 Å².